The van der Waals surface area contributed by atoms with Crippen LogP contribution in [-0.4, -0.2) is 78.7 Å². The molecule has 0 aromatic heterocycles. The van der Waals surface area contributed by atoms with E-state index >= 15 is 0 Å². The summed E-state index contributed by atoms with van der Waals surface area (Å²) in [5, 5.41) is 3.01. The normalized spacial score (nSPS) is 24.7. The first-order valence-corrected chi connectivity index (χ1v) is 10.3. The van der Waals surface area contributed by atoms with E-state index in [0.717, 1.165) is 31.6 Å². The van der Waals surface area contributed by atoms with Crippen molar-refractivity contribution in [1.29, 1.82) is 0 Å². The highest BCUT2D eigenvalue weighted by atomic mass is 32.2. The Bertz CT molecular complexity index is 666. The third-order valence-electron chi connectivity index (χ3n) is 5.77. The Labute approximate surface area is 159 Å². The summed E-state index contributed by atoms with van der Waals surface area (Å²) in [6, 6.07) is 7.85. The van der Waals surface area contributed by atoms with E-state index in [-0.39, 0.29) is 17.5 Å². The van der Waals surface area contributed by atoms with Crippen molar-refractivity contribution in [3.05, 3.63) is 24.3 Å². The maximum absolute atomic E-state index is 12.8. The zero-order valence-electron chi connectivity index (χ0n) is 15.8. The van der Waals surface area contributed by atoms with E-state index in [2.05, 4.69) is 17.3 Å². The number of thioether (sulfide) groups is 1. The van der Waals surface area contributed by atoms with Crippen molar-refractivity contribution in [2.45, 2.75) is 29.7 Å². The van der Waals surface area contributed by atoms with Crippen LogP contribution < -0.4 is 5.32 Å². The van der Waals surface area contributed by atoms with Gasteiger partial charge in [-0.3, -0.25) is 9.69 Å². The molecule has 1 spiro atoms. The lowest BCUT2D eigenvalue weighted by Gasteiger charge is -2.49. The highest BCUT2D eigenvalue weighted by Crippen LogP contribution is 2.32. The number of nitrogens with one attached hydrogen (secondary N) is 1. The highest BCUT2D eigenvalue weighted by Gasteiger charge is 2.42. The summed E-state index contributed by atoms with van der Waals surface area (Å²) < 4.78 is 0. The lowest BCUT2D eigenvalue weighted by atomic mass is 9.86. The summed E-state index contributed by atoms with van der Waals surface area (Å²) in [5.41, 5.74) is 0.704. The Morgan fingerprint density at radius 3 is 2.54 bits per heavy atom. The number of likely N-dealkylation sites (tertiary alicyclic amines) is 1. The molecule has 0 aliphatic carbocycles. The highest BCUT2D eigenvalue weighted by molar-refractivity contribution is 7.98. The quantitative estimate of drug-likeness (QED) is 0.806. The van der Waals surface area contributed by atoms with Crippen molar-refractivity contribution in [1.82, 2.24) is 14.7 Å². The molecule has 3 rings (SSSR count). The number of anilines is 1. The summed E-state index contributed by atoms with van der Waals surface area (Å²) in [6.45, 7) is 2.95. The molecule has 1 atom stereocenters. The fourth-order valence-electron chi connectivity index (χ4n) is 3.81. The maximum Gasteiger partial charge on any atom is 0.321 e. The van der Waals surface area contributed by atoms with Crippen molar-refractivity contribution in [3.63, 3.8) is 0 Å². The summed E-state index contributed by atoms with van der Waals surface area (Å²) in [6.07, 6.45) is 4.29. The fraction of sp³-hybridized carbons (Fsp3) is 0.579. The first-order valence-electron chi connectivity index (χ1n) is 9.09. The number of urea groups is 1. The van der Waals surface area contributed by atoms with Crippen LogP contribution >= 0.6 is 11.8 Å². The lowest BCUT2D eigenvalue weighted by molar-refractivity contribution is -0.129. The molecular formula is C19H28N4O2S. The molecule has 1 aromatic rings. The smallest absolute Gasteiger partial charge is 0.321 e. The van der Waals surface area contributed by atoms with E-state index in [4.69, 9.17) is 0 Å². The van der Waals surface area contributed by atoms with Gasteiger partial charge in [0.05, 0.1) is 0 Å². The molecule has 2 heterocycles. The fourth-order valence-corrected chi connectivity index (χ4v) is 4.22. The summed E-state index contributed by atoms with van der Waals surface area (Å²) in [5.74, 6) is 0.200. The maximum atomic E-state index is 12.8. The number of hydrogen-bond acceptors (Lipinski definition) is 4. The molecule has 6 nitrogen and oxygen atoms in total. The van der Waals surface area contributed by atoms with E-state index < -0.39 is 0 Å². The predicted octanol–water partition coefficient (Wildman–Crippen LogP) is 2.57. The van der Waals surface area contributed by atoms with Gasteiger partial charge in [0.1, 0.15) is 0 Å². The molecule has 142 valence electrons. The van der Waals surface area contributed by atoms with Gasteiger partial charge in [-0.05, 0) is 50.4 Å². The molecule has 2 aliphatic heterocycles. The third kappa shape index (κ3) is 3.99. The predicted molar refractivity (Wildman–Crippen MR) is 106 cm³/mol. The minimum Gasteiger partial charge on any atom is -0.346 e. The molecule has 0 saturated carbocycles. The molecule has 1 aromatic carbocycles. The Balaban J connectivity index is 1.68. The average Bonchev–Trinajstić information content (AvgIpc) is 2.79. The number of hydrogen-bond donors (Lipinski definition) is 1. The van der Waals surface area contributed by atoms with Crippen LogP contribution in [0.3, 0.4) is 0 Å². The lowest BCUT2D eigenvalue weighted by Crippen LogP contribution is -2.62. The number of nitrogens with zero attached hydrogens (tertiary/aromatic N) is 3. The molecule has 0 bridgehead atoms. The molecule has 2 fully saturated rings. The second-order valence-corrected chi connectivity index (χ2v) is 8.17. The Kier molecular flexibility index (Phi) is 5.77. The van der Waals surface area contributed by atoms with Gasteiger partial charge in [0.15, 0.2) is 0 Å². The van der Waals surface area contributed by atoms with Gasteiger partial charge in [0.2, 0.25) is 5.91 Å². The van der Waals surface area contributed by atoms with Crippen LogP contribution in [0.5, 0.6) is 0 Å². The van der Waals surface area contributed by atoms with Crippen molar-refractivity contribution in [3.8, 4) is 0 Å². The van der Waals surface area contributed by atoms with Crippen LogP contribution in [0, 0.1) is 0 Å². The number of likely N-dealkylation sites (N-methyl/N-ethyl adjacent to an activating group) is 1. The minimum atomic E-state index is -0.112. The van der Waals surface area contributed by atoms with Gasteiger partial charge < -0.3 is 15.1 Å². The zero-order valence-corrected chi connectivity index (χ0v) is 16.6. The van der Waals surface area contributed by atoms with Crippen molar-refractivity contribution >= 4 is 29.4 Å². The number of piperazine rings is 1. The van der Waals surface area contributed by atoms with Crippen LogP contribution in [0.15, 0.2) is 29.2 Å². The monoisotopic (exact) mass is 376 g/mol. The summed E-state index contributed by atoms with van der Waals surface area (Å²) in [7, 11) is 3.99. The Hall–Kier alpha value is -1.73. The van der Waals surface area contributed by atoms with E-state index in [1.807, 2.05) is 47.4 Å². The van der Waals surface area contributed by atoms with E-state index in [9.17, 15) is 9.59 Å². The second kappa shape index (κ2) is 7.88. The van der Waals surface area contributed by atoms with Gasteiger partial charge in [0.25, 0.3) is 0 Å². The van der Waals surface area contributed by atoms with Crippen molar-refractivity contribution in [2.24, 2.45) is 0 Å². The van der Waals surface area contributed by atoms with E-state index in [0.29, 0.717) is 19.5 Å². The second-order valence-electron chi connectivity index (χ2n) is 7.29. The van der Waals surface area contributed by atoms with E-state index in [1.54, 1.807) is 11.8 Å². The van der Waals surface area contributed by atoms with Crippen LogP contribution in [0.4, 0.5) is 10.5 Å². The van der Waals surface area contributed by atoms with Gasteiger partial charge in [-0.25, -0.2) is 4.79 Å². The molecule has 7 heteroatoms. The largest absolute Gasteiger partial charge is 0.346 e. The van der Waals surface area contributed by atoms with Gasteiger partial charge >= 0.3 is 6.03 Å². The van der Waals surface area contributed by atoms with Crippen molar-refractivity contribution < 1.29 is 9.59 Å². The summed E-state index contributed by atoms with van der Waals surface area (Å²) >= 11 is 1.68. The molecule has 3 amide bonds. The topological polar surface area (TPSA) is 55.9 Å². The van der Waals surface area contributed by atoms with E-state index in [1.165, 1.54) is 4.90 Å². The van der Waals surface area contributed by atoms with Gasteiger partial charge in [0, 0.05) is 55.8 Å². The van der Waals surface area contributed by atoms with Crippen LogP contribution in [-0.2, 0) is 4.79 Å². The Morgan fingerprint density at radius 2 is 1.85 bits per heavy atom. The molecule has 2 aliphatic rings. The van der Waals surface area contributed by atoms with Crippen LogP contribution in [0.1, 0.15) is 19.3 Å². The minimum absolute atomic E-state index is 0.0571. The van der Waals surface area contributed by atoms with Gasteiger partial charge in [-0.2, -0.15) is 0 Å². The molecule has 26 heavy (non-hydrogen) atoms. The summed E-state index contributed by atoms with van der Waals surface area (Å²) in [4.78, 5) is 32.1. The number of carbonyl (C=O) groups excluding carboxylic acids is 2. The van der Waals surface area contributed by atoms with Crippen LogP contribution in [0.2, 0.25) is 0 Å². The van der Waals surface area contributed by atoms with Crippen molar-refractivity contribution in [2.75, 3.05) is 51.8 Å². The first-order chi connectivity index (χ1) is 12.4. The number of benzene rings is 1. The first kappa shape index (κ1) is 19.0. The Morgan fingerprint density at radius 1 is 1.12 bits per heavy atom. The number of carbonyl (C=O) groups is 2. The van der Waals surface area contributed by atoms with Crippen LogP contribution in [0.25, 0.3) is 0 Å². The van der Waals surface area contributed by atoms with Gasteiger partial charge in [-0.15, -0.1) is 11.8 Å². The number of rotatable bonds is 2. The zero-order chi connectivity index (χ0) is 18.7. The SMILES string of the molecule is CSc1ccc(NC(=O)N2CCN(C)[C@]3(CCC(=O)N(C)CC3)C2)cc1. The van der Waals surface area contributed by atoms with Gasteiger partial charge in [-0.1, -0.05) is 0 Å². The molecule has 2 saturated heterocycles. The molecule has 1 N–H and O–H groups in total. The standard InChI is InChI=1S/C19H28N4O2S/c1-21-11-10-19(9-8-17(21)24)14-23(13-12-22(19)2)18(25)20-15-4-6-16(26-3)7-5-15/h4-7H,8-14H2,1-3H3,(H,20,25)/t19-/m0/s1. The molecule has 0 radical (unpaired) electrons. The molecular weight excluding hydrogens is 348 g/mol. The average molecular weight is 377 g/mol. The molecule has 0 unspecified atom stereocenters. The third-order valence-corrected chi connectivity index (χ3v) is 6.51. The number of amides is 3.